The largest absolute Gasteiger partial charge is 0.244 e. The molecule has 0 spiro atoms. The molecule has 0 bridgehead atoms. The molecule has 1 heterocycles. The van der Waals surface area contributed by atoms with Crippen molar-refractivity contribution < 1.29 is 0 Å². The average molecular weight is 174 g/mol. The molecule has 0 saturated heterocycles. The Labute approximate surface area is 76.5 Å². The van der Waals surface area contributed by atoms with E-state index in [1.165, 1.54) is 0 Å². The maximum absolute atomic E-state index is 8.78. The highest BCUT2D eigenvalue weighted by Crippen LogP contribution is 2.40. The van der Waals surface area contributed by atoms with E-state index in [9.17, 15) is 0 Å². The Morgan fingerprint density at radius 2 is 2.46 bits per heavy atom. The van der Waals surface area contributed by atoms with Crippen molar-refractivity contribution in [2.45, 2.75) is 25.3 Å². The first-order chi connectivity index (χ1) is 6.36. The second kappa shape index (κ2) is 3.02. The zero-order valence-electron chi connectivity index (χ0n) is 7.27. The minimum absolute atomic E-state index is 0.476. The molecule has 0 atom stereocenters. The molecule has 1 aliphatic rings. The van der Waals surface area contributed by atoms with Crippen molar-refractivity contribution in [2.75, 3.05) is 0 Å². The smallest absolute Gasteiger partial charge is 0.186 e. The van der Waals surface area contributed by atoms with E-state index in [2.05, 4.69) is 23.0 Å². The van der Waals surface area contributed by atoms with Crippen molar-refractivity contribution in [1.82, 2.24) is 15.0 Å². The van der Waals surface area contributed by atoms with E-state index in [1.54, 1.807) is 10.8 Å². The van der Waals surface area contributed by atoms with Crippen LogP contribution in [0.2, 0.25) is 0 Å². The molecule has 1 saturated carbocycles. The van der Waals surface area contributed by atoms with Gasteiger partial charge in [-0.25, -0.2) is 4.68 Å². The summed E-state index contributed by atoms with van der Waals surface area (Å²) in [4.78, 5) is 0. The molecule has 1 aromatic rings. The van der Waals surface area contributed by atoms with E-state index in [-0.39, 0.29) is 0 Å². The summed E-state index contributed by atoms with van der Waals surface area (Å²) < 4.78 is 1.77. The molecule has 66 valence electrons. The zero-order chi connectivity index (χ0) is 9.26. The molecule has 0 N–H and O–H groups in total. The molecule has 0 radical (unpaired) electrons. The van der Waals surface area contributed by atoms with Gasteiger partial charge >= 0.3 is 0 Å². The van der Waals surface area contributed by atoms with Crippen LogP contribution in [0.5, 0.6) is 0 Å². The van der Waals surface area contributed by atoms with E-state index in [0.717, 1.165) is 18.5 Å². The van der Waals surface area contributed by atoms with E-state index in [0.29, 0.717) is 18.2 Å². The highest BCUT2D eigenvalue weighted by Gasteiger charge is 2.30. The number of rotatable bonds is 3. The average Bonchev–Trinajstić information content (AvgIpc) is 2.89. The summed E-state index contributed by atoms with van der Waals surface area (Å²) in [5.74, 6) is 0.504. The molecule has 1 aromatic heterocycles. The normalized spacial score (nSPS) is 15.3. The van der Waals surface area contributed by atoms with Gasteiger partial charge in [0.1, 0.15) is 6.07 Å². The van der Waals surface area contributed by atoms with Crippen molar-refractivity contribution in [1.29, 1.82) is 5.26 Å². The molecule has 13 heavy (non-hydrogen) atoms. The second-order valence-corrected chi connectivity index (χ2v) is 3.18. The van der Waals surface area contributed by atoms with Crippen LogP contribution in [0.15, 0.2) is 12.7 Å². The molecule has 1 fully saturated rings. The number of hydrogen-bond acceptors (Lipinski definition) is 3. The number of hydrogen-bond donors (Lipinski definition) is 0. The van der Waals surface area contributed by atoms with E-state index >= 15 is 0 Å². The van der Waals surface area contributed by atoms with Crippen LogP contribution >= 0.6 is 0 Å². The summed E-state index contributed by atoms with van der Waals surface area (Å²) in [6.07, 6.45) is 4.07. The summed E-state index contributed by atoms with van der Waals surface area (Å²) in [5, 5.41) is 16.5. The Hall–Kier alpha value is -1.63. The first-order valence-corrected chi connectivity index (χ1v) is 4.31. The van der Waals surface area contributed by atoms with Crippen LogP contribution in [0.3, 0.4) is 0 Å². The van der Waals surface area contributed by atoms with Gasteiger partial charge in [0.25, 0.3) is 0 Å². The van der Waals surface area contributed by atoms with Gasteiger partial charge in [0.05, 0.1) is 12.2 Å². The van der Waals surface area contributed by atoms with Crippen molar-refractivity contribution in [3.63, 3.8) is 0 Å². The summed E-state index contributed by atoms with van der Waals surface area (Å²) in [6, 6.07) is 2.07. The molecule has 0 aromatic carbocycles. The van der Waals surface area contributed by atoms with E-state index in [1.807, 2.05) is 0 Å². The van der Waals surface area contributed by atoms with Crippen LogP contribution in [-0.2, 0) is 6.54 Å². The van der Waals surface area contributed by atoms with Crippen LogP contribution in [0.1, 0.15) is 30.1 Å². The number of aromatic nitrogens is 3. The summed E-state index contributed by atoms with van der Waals surface area (Å²) in [5.41, 5.74) is 1.46. The maximum atomic E-state index is 8.78. The lowest BCUT2D eigenvalue weighted by atomic mass is 10.2. The Balaban J connectivity index is 2.39. The van der Waals surface area contributed by atoms with Crippen LogP contribution in [0, 0.1) is 11.3 Å². The fraction of sp³-hybridized carbons (Fsp3) is 0.444. The van der Waals surface area contributed by atoms with Gasteiger partial charge in [-0.2, -0.15) is 5.26 Å². The third kappa shape index (κ3) is 1.33. The van der Waals surface area contributed by atoms with Crippen molar-refractivity contribution in [3.8, 4) is 6.07 Å². The van der Waals surface area contributed by atoms with Gasteiger partial charge in [-0.3, -0.25) is 0 Å². The number of allylic oxidation sites excluding steroid dienone is 1. The Bertz CT molecular complexity index is 367. The molecule has 0 amide bonds. The highest BCUT2D eigenvalue weighted by atomic mass is 15.4. The maximum Gasteiger partial charge on any atom is 0.186 e. The Morgan fingerprint density at radius 1 is 1.69 bits per heavy atom. The summed E-state index contributed by atoms with van der Waals surface area (Å²) in [7, 11) is 0. The van der Waals surface area contributed by atoms with Crippen molar-refractivity contribution in [3.05, 3.63) is 24.0 Å². The SMILES string of the molecule is C=CCn1nnc(C#N)c1C1CC1. The van der Waals surface area contributed by atoms with Gasteiger partial charge in [0, 0.05) is 5.92 Å². The quantitative estimate of drug-likeness (QED) is 0.647. The molecule has 0 aliphatic heterocycles. The monoisotopic (exact) mass is 174 g/mol. The molecule has 4 heteroatoms. The first-order valence-electron chi connectivity index (χ1n) is 4.31. The minimum atomic E-state index is 0.476. The predicted octanol–water partition coefficient (Wildman–Crippen LogP) is 1.21. The fourth-order valence-corrected chi connectivity index (χ4v) is 1.42. The zero-order valence-corrected chi connectivity index (χ0v) is 7.27. The molecule has 1 aliphatic carbocycles. The predicted molar refractivity (Wildman–Crippen MR) is 46.9 cm³/mol. The van der Waals surface area contributed by atoms with Crippen LogP contribution in [0.4, 0.5) is 0 Å². The Kier molecular flexibility index (Phi) is 1.85. The molecular formula is C9H10N4. The standard InChI is InChI=1S/C9H10N4/c1-2-5-13-9(7-3-4-7)8(6-10)11-12-13/h2,7H,1,3-5H2. The molecular weight excluding hydrogens is 164 g/mol. The first kappa shape index (κ1) is 7.99. The van der Waals surface area contributed by atoms with Gasteiger partial charge in [0.2, 0.25) is 0 Å². The van der Waals surface area contributed by atoms with Gasteiger partial charge in [-0.15, -0.1) is 11.7 Å². The van der Waals surface area contributed by atoms with Crippen LogP contribution in [0.25, 0.3) is 0 Å². The van der Waals surface area contributed by atoms with Crippen molar-refractivity contribution in [2.24, 2.45) is 0 Å². The van der Waals surface area contributed by atoms with Gasteiger partial charge in [-0.05, 0) is 12.8 Å². The van der Waals surface area contributed by atoms with Crippen LogP contribution in [-0.4, -0.2) is 15.0 Å². The van der Waals surface area contributed by atoms with Crippen molar-refractivity contribution >= 4 is 0 Å². The van der Waals surface area contributed by atoms with Gasteiger partial charge in [0.15, 0.2) is 5.69 Å². The lowest BCUT2D eigenvalue weighted by molar-refractivity contribution is 0.631. The third-order valence-electron chi connectivity index (χ3n) is 2.15. The Morgan fingerprint density at radius 3 is 3.00 bits per heavy atom. The minimum Gasteiger partial charge on any atom is -0.244 e. The molecule has 4 nitrogen and oxygen atoms in total. The molecule has 2 rings (SSSR count). The second-order valence-electron chi connectivity index (χ2n) is 3.18. The van der Waals surface area contributed by atoms with E-state index in [4.69, 9.17) is 5.26 Å². The number of nitriles is 1. The topological polar surface area (TPSA) is 54.5 Å². The number of nitrogens with zero attached hydrogens (tertiary/aromatic N) is 4. The van der Waals surface area contributed by atoms with Crippen LogP contribution < -0.4 is 0 Å². The lowest BCUT2D eigenvalue weighted by Crippen LogP contribution is -2.02. The third-order valence-corrected chi connectivity index (χ3v) is 2.15. The summed E-state index contributed by atoms with van der Waals surface area (Å²) in [6.45, 7) is 4.28. The van der Waals surface area contributed by atoms with Gasteiger partial charge in [-0.1, -0.05) is 11.3 Å². The lowest BCUT2D eigenvalue weighted by Gasteiger charge is -2.00. The highest BCUT2D eigenvalue weighted by molar-refractivity contribution is 5.30. The molecule has 0 unspecified atom stereocenters. The van der Waals surface area contributed by atoms with E-state index < -0.39 is 0 Å². The fourth-order valence-electron chi connectivity index (χ4n) is 1.42. The van der Waals surface area contributed by atoms with Gasteiger partial charge < -0.3 is 0 Å². The summed E-state index contributed by atoms with van der Waals surface area (Å²) >= 11 is 0.